The average molecular weight is 220 g/mol. The maximum absolute atomic E-state index is 13.6. The summed E-state index contributed by atoms with van der Waals surface area (Å²) in [7, 11) is 1.73. The largest absolute Gasteiger partial charge is 0.319 e. The Kier molecular flexibility index (Phi) is 2.70. The molecule has 1 atom stereocenters. The van der Waals surface area contributed by atoms with Crippen LogP contribution in [0.5, 0.6) is 0 Å². The van der Waals surface area contributed by atoms with Gasteiger partial charge in [-0.2, -0.15) is 0 Å². The van der Waals surface area contributed by atoms with Crippen molar-refractivity contribution in [1.29, 1.82) is 0 Å². The Morgan fingerprint density at radius 2 is 2.19 bits per heavy atom. The van der Waals surface area contributed by atoms with Gasteiger partial charge in [0.1, 0.15) is 5.82 Å². The van der Waals surface area contributed by atoms with E-state index in [0.717, 1.165) is 5.56 Å². The second-order valence-corrected chi connectivity index (χ2v) is 3.79. The van der Waals surface area contributed by atoms with Gasteiger partial charge in [0.05, 0.1) is 17.9 Å². The molecule has 1 unspecified atom stereocenters. The second-order valence-electron chi connectivity index (χ2n) is 3.79. The Balaban J connectivity index is 2.45. The third kappa shape index (κ3) is 1.81. The predicted molar refractivity (Wildman–Crippen MR) is 58.2 cm³/mol. The van der Waals surface area contributed by atoms with Crippen LogP contribution in [0.15, 0.2) is 24.4 Å². The van der Waals surface area contributed by atoms with Crippen molar-refractivity contribution in [3.63, 3.8) is 0 Å². The number of hydrogen-bond acceptors (Lipinski definition) is 3. The van der Waals surface area contributed by atoms with Crippen molar-refractivity contribution in [3.8, 4) is 0 Å². The first kappa shape index (κ1) is 10.8. The SMILES string of the molecule is Cc1ccc(F)c(C(N)c2cnnn2C)c1. The average Bonchev–Trinajstić information content (AvgIpc) is 2.67. The molecule has 0 saturated heterocycles. The number of aryl methyl sites for hydroxylation is 2. The van der Waals surface area contributed by atoms with Gasteiger partial charge in [0.15, 0.2) is 0 Å². The van der Waals surface area contributed by atoms with Crippen LogP contribution in [0.25, 0.3) is 0 Å². The van der Waals surface area contributed by atoms with Crippen LogP contribution < -0.4 is 5.73 Å². The molecule has 0 radical (unpaired) electrons. The molecule has 2 N–H and O–H groups in total. The van der Waals surface area contributed by atoms with Gasteiger partial charge in [0, 0.05) is 12.6 Å². The zero-order valence-electron chi connectivity index (χ0n) is 9.18. The van der Waals surface area contributed by atoms with E-state index in [2.05, 4.69) is 10.3 Å². The topological polar surface area (TPSA) is 56.7 Å². The second kappa shape index (κ2) is 4.02. The molecular formula is C11H13FN4. The minimum atomic E-state index is -0.542. The molecule has 0 spiro atoms. The smallest absolute Gasteiger partial charge is 0.128 e. The van der Waals surface area contributed by atoms with E-state index in [1.54, 1.807) is 30.1 Å². The lowest BCUT2D eigenvalue weighted by atomic mass is 10.0. The Labute approximate surface area is 92.9 Å². The van der Waals surface area contributed by atoms with Crippen LogP contribution in [0.2, 0.25) is 0 Å². The number of nitrogens with zero attached hydrogens (tertiary/aromatic N) is 3. The van der Waals surface area contributed by atoms with Gasteiger partial charge in [-0.05, 0) is 13.0 Å². The fourth-order valence-corrected chi connectivity index (χ4v) is 1.64. The lowest BCUT2D eigenvalue weighted by molar-refractivity contribution is 0.583. The zero-order chi connectivity index (χ0) is 11.7. The van der Waals surface area contributed by atoms with E-state index in [9.17, 15) is 4.39 Å². The lowest BCUT2D eigenvalue weighted by Crippen LogP contribution is -2.17. The van der Waals surface area contributed by atoms with Crippen LogP contribution in [0.4, 0.5) is 4.39 Å². The molecule has 84 valence electrons. The first-order valence-corrected chi connectivity index (χ1v) is 4.96. The highest BCUT2D eigenvalue weighted by Gasteiger charge is 2.17. The molecule has 1 aromatic carbocycles. The molecular weight excluding hydrogens is 207 g/mol. The molecule has 1 aromatic heterocycles. The monoisotopic (exact) mass is 220 g/mol. The van der Waals surface area contributed by atoms with Gasteiger partial charge in [-0.15, -0.1) is 5.10 Å². The number of aromatic nitrogens is 3. The Morgan fingerprint density at radius 3 is 2.81 bits per heavy atom. The summed E-state index contributed by atoms with van der Waals surface area (Å²) in [6.45, 7) is 1.90. The van der Waals surface area contributed by atoms with Crippen LogP contribution in [-0.2, 0) is 7.05 Å². The normalized spacial score (nSPS) is 12.8. The number of benzene rings is 1. The zero-order valence-corrected chi connectivity index (χ0v) is 9.18. The summed E-state index contributed by atoms with van der Waals surface area (Å²) in [6, 6.07) is 4.34. The molecule has 0 saturated carbocycles. The maximum atomic E-state index is 13.6. The summed E-state index contributed by atoms with van der Waals surface area (Å²) >= 11 is 0. The van der Waals surface area contributed by atoms with Crippen molar-refractivity contribution in [1.82, 2.24) is 15.0 Å². The molecule has 0 aliphatic carbocycles. The summed E-state index contributed by atoms with van der Waals surface area (Å²) in [5.41, 5.74) is 8.11. The highest BCUT2D eigenvalue weighted by Crippen LogP contribution is 2.21. The highest BCUT2D eigenvalue weighted by atomic mass is 19.1. The van der Waals surface area contributed by atoms with Gasteiger partial charge >= 0.3 is 0 Å². The standard InChI is InChI=1S/C11H13FN4/c1-7-3-4-9(12)8(5-7)11(13)10-6-14-15-16(10)2/h3-6,11H,13H2,1-2H3. The Hall–Kier alpha value is -1.75. The van der Waals surface area contributed by atoms with Crippen LogP contribution in [-0.4, -0.2) is 15.0 Å². The third-order valence-corrected chi connectivity index (χ3v) is 2.55. The summed E-state index contributed by atoms with van der Waals surface area (Å²) in [5, 5.41) is 7.51. The van der Waals surface area contributed by atoms with Crippen molar-refractivity contribution in [2.45, 2.75) is 13.0 Å². The molecule has 2 rings (SSSR count). The summed E-state index contributed by atoms with van der Waals surface area (Å²) in [5.74, 6) is -0.306. The van der Waals surface area contributed by atoms with Crippen molar-refractivity contribution in [3.05, 3.63) is 47.0 Å². The number of hydrogen-bond donors (Lipinski definition) is 1. The van der Waals surface area contributed by atoms with Crippen molar-refractivity contribution in [2.75, 3.05) is 0 Å². The summed E-state index contributed by atoms with van der Waals surface area (Å²) < 4.78 is 15.2. The van der Waals surface area contributed by atoms with Crippen LogP contribution in [0, 0.1) is 12.7 Å². The number of nitrogens with two attached hydrogens (primary N) is 1. The molecule has 1 heterocycles. The molecule has 4 nitrogen and oxygen atoms in total. The molecule has 0 amide bonds. The number of halogens is 1. The molecule has 0 bridgehead atoms. The number of rotatable bonds is 2. The van der Waals surface area contributed by atoms with Crippen LogP contribution in [0.3, 0.4) is 0 Å². The Bertz CT molecular complexity index is 506. The van der Waals surface area contributed by atoms with Gasteiger partial charge in [-0.25, -0.2) is 4.39 Å². The van der Waals surface area contributed by atoms with E-state index in [4.69, 9.17) is 5.73 Å². The quantitative estimate of drug-likeness (QED) is 0.830. The van der Waals surface area contributed by atoms with Crippen molar-refractivity contribution in [2.24, 2.45) is 12.8 Å². The first-order valence-electron chi connectivity index (χ1n) is 4.96. The van der Waals surface area contributed by atoms with Crippen LogP contribution in [0.1, 0.15) is 22.9 Å². The van der Waals surface area contributed by atoms with Crippen molar-refractivity contribution < 1.29 is 4.39 Å². The van der Waals surface area contributed by atoms with E-state index < -0.39 is 6.04 Å². The minimum absolute atomic E-state index is 0.306. The maximum Gasteiger partial charge on any atom is 0.128 e. The first-order chi connectivity index (χ1) is 7.59. The summed E-state index contributed by atoms with van der Waals surface area (Å²) in [4.78, 5) is 0. The summed E-state index contributed by atoms with van der Waals surface area (Å²) in [6.07, 6.45) is 1.55. The highest BCUT2D eigenvalue weighted by molar-refractivity contribution is 5.31. The predicted octanol–water partition coefficient (Wildman–Crippen LogP) is 1.31. The molecule has 0 fully saturated rings. The van der Waals surface area contributed by atoms with E-state index in [1.807, 2.05) is 6.92 Å². The van der Waals surface area contributed by atoms with Gasteiger partial charge in [0.2, 0.25) is 0 Å². The molecule has 0 aliphatic heterocycles. The molecule has 2 aromatic rings. The van der Waals surface area contributed by atoms with Gasteiger partial charge in [-0.3, -0.25) is 4.68 Å². The van der Waals surface area contributed by atoms with E-state index >= 15 is 0 Å². The van der Waals surface area contributed by atoms with Gasteiger partial charge < -0.3 is 5.73 Å². The molecule has 16 heavy (non-hydrogen) atoms. The third-order valence-electron chi connectivity index (χ3n) is 2.55. The van der Waals surface area contributed by atoms with E-state index in [-0.39, 0.29) is 5.82 Å². The Morgan fingerprint density at radius 1 is 1.44 bits per heavy atom. The lowest BCUT2D eigenvalue weighted by Gasteiger charge is -2.13. The van der Waals surface area contributed by atoms with Gasteiger partial charge in [-0.1, -0.05) is 22.9 Å². The van der Waals surface area contributed by atoms with E-state index in [1.165, 1.54) is 6.07 Å². The fourth-order valence-electron chi connectivity index (χ4n) is 1.64. The molecule has 0 aliphatic rings. The molecule has 5 heteroatoms. The fraction of sp³-hybridized carbons (Fsp3) is 0.273. The minimum Gasteiger partial charge on any atom is -0.319 e. The van der Waals surface area contributed by atoms with Gasteiger partial charge in [0.25, 0.3) is 0 Å². The van der Waals surface area contributed by atoms with Crippen LogP contribution >= 0.6 is 0 Å². The van der Waals surface area contributed by atoms with E-state index in [0.29, 0.717) is 11.3 Å². The van der Waals surface area contributed by atoms with Crippen molar-refractivity contribution >= 4 is 0 Å².